The van der Waals surface area contributed by atoms with Crippen LogP contribution in [0.15, 0.2) is 53.4 Å². The summed E-state index contributed by atoms with van der Waals surface area (Å²) >= 11 is 0. The van der Waals surface area contributed by atoms with E-state index < -0.39 is 0 Å². The molecule has 3 rings (SSSR count). The van der Waals surface area contributed by atoms with Crippen molar-refractivity contribution in [2.24, 2.45) is 0 Å². The summed E-state index contributed by atoms with van der Waals surface area (Å²) in [6.07, 6.45) is 5.66. The van der Waals surface area contributed by atoms with Crippen molar-refractivity contribution in [2.75, 3.05) is 0 Å². The van der Waals surface area contributed by atoms with Crippen LogP contribution >= 0.6 is 0 Å². The quantitative estimate of drug-likeness (QED) is 0.673. The smallest absolute Gasteiger partial charge is 0.185 e. The molecule has 0 saturated heterocycles. The molecule has 0 saturated carbocycles. The number of pyridine rings is 1. The second kappa shape index (κ2) is 6.43. The van der Waals surface area contributed by atoms with Crippen LogP contribution in [0.4, 0.5) is 0 Å². The van der Waals surface area contributed by atoms with Crippen LogP contribution in [0.25, 0.3) is 0 Å². The molecule has 0 N–H and O–H groups in total. The molecule has 5 heteroatoms. The third-order valence-electron chi connectivity index (χ3n) is 3.86. The lowest BCUT2D eigenvalue weighted by Gasteiger charge is -2.12. The monoisotopic (exact) mass is 323 g/mol. The Kier molecular flexibility index (Phi) is 4.34. The molecule has 0 amide bonds. The van der Waals surface area contributed by atoms with E-state index in [1.807, 2.05) is 41.1 Å². The highest BCUT2D eigenvalue weighted by Gasteiger charge is 2.21. The van der Waals surface area contributed by atoms with Crippen LogP contribution < -0.4 is 0 Å². The van der Waals surface area contributed by atoms with E-state index in [2.05, 4.69) is 30.9 Å². The van der Waals surface area contributed by atoms with Gasteiger partial charge in [0.15, 0.2) is 5.78 Å². The van der Waals surface area contributed by atoms with Crippen LogP contribution in [0, 0.1) is 0 Å². The van der Waals surface area contributed by atoms with Gasteiger partial charge in [-0.25, -0.2) is 0 Å². The number of hydrogen-bond acceptors (Lipinski definition) is 4. The summed E-state index contributed by atoms with van der Waals surface area (Å²) in [5, 5.41) is 4.03. The van der Waals surface area contributed by atoms with E-state index in [0.717, 1.165) is 11.3 Å². The van der Waals surface area contributed by atoms with Gasteiger partial charge in [-0.3, -0.25) is 9.78 Å². The molecule has 0 spiro atoms. The van der Waals surface area contributed by atoms with Crippen LogP contribution in [0.2, 0.25) is 0 Å². The lowest BCUT2D eigenvalue weighted by Crippen LogP contribution is -2.12. The van der Waals surface area contributed by atoms with Crippen molar-refractivity contribution in [1.82, 2.24) is 14.7 Å². The van der Waals surface area contributed by atoms with Gasteiger partial charge in [-0.15, -0.1) is 0 Å². The first kappa shape index (κ1) is 16.2. The number of aromatic nitrogens is 3. The van der Waals surface area contributed by atoms with Crippen molar-refractivity contribution in [3.63, 3.8) is 0 Å². The zero-order chi connectivity index (χ0) is 17.2. The second-order valence-electron chi connectivity index (χ2n) is 6.91. The normalized spacial score (nSPS) is 11.6. The molecule has 0 radical (unpaired) electrons. The largest absolute Gasteiger partial charge is 0.361 e. The molecular formula is C19H21N3O2. The molecule has 3 aromatic rings. The standard InChI is InChI=1S/C19H21N3O2/c1-19(2,3)18-12-15(21-24-18)11-17(23)16-5-4-10-22(16)13-14-6-8-20-9-7-14/h4-10,12H,11,13H2,1-3H3. The van der Waals surface area contributed by atoms with Gasteiger partial charge >= 0.3 is 0 Å². The predicted molar refractivity (Wildman–Crippen MR) is 91.0 cm³/mol. The summed E-state index contributed by atoms with van der Waals surface area (Å²) in [7, 11) is 0. The SMILES string of the molecule is CC(C)(C)c1cc(CC(=O)c2cccn2Cc2ccncc2)no1. The maximum absolute atomic E-state index is 12.6. The molecular weight excluding hydrogens is 302 g/mol. The maximum atomic E-state index is 12.6. The minimum Gasteiger partial charge on any atom is -0.361 e. The second-order valence-corrected chi connectivity index (χ2v) is 6.91. The number of nitrogens with zero attached hydrogens (tertiary/aromatic N) is 3. The van der Waals surface area contributed by atoms with Gasteiger partial charge in [0, 0.05) is 36.6 Å². The molecule has 0 bridgehead atoms. The number of rotatable bonds is 5. The van der Waals surface area contributed by atoms with E-state index in [0.29, 0.717) is 17.9 Å². The zero-order valence-corrected chi connectivity index (χ0v) is 14.2. The molecule has 0 aromatic carbocycles. The molecule has 0 aliphatic rings. The fraction of sp³-hybridized carbons (Fsp3) is 0.316. The predicted octanol–water partition coefficient (Wildman–Crippen LogP) is 3.64. The molecule has 3 aromatic heterocycles. The Balaban J connectivity index is 1.74. The Morgan fingerprint density at radius 1 is 1.21 bits per heavy atom. The third-order valence-corrected chi connectivity index (χ3v) is 3.86. The number of Topliss-reactive ketones (excluding diaryl/α,β-unsaturated/α-hetero) is 1. The van der Waals surface area contributed by atoms with E-state index in [-0.39, 0.29) is 17.6 Å². The number of carbonyl (C=O) groups excluding carboxylic acids is 1. The zero-order valence-electron chi connectivity index (χ0n) is 14.2. The lowest BCUT2D eigenvalue weighted by atomic mass is 9.93. The van der Waals surface area contributed by atoms with Gasteiger partial charge in [-0.05, 0) is 29.8 Å². The van der Waals surface area contributed by atoms with E-state index >= 15 is 0 Å². The first-order chi connectivity index (χ1) is 11.4. The van der Waals surface area contributed by atoms with Crippen LogP contribution in [0.1, 0.15) is 48.3 Å². The fourth-order valence-corrected chi connectivity index (χ4v) is 2.49. The Bertz CT molecular complexity index is 826. The first-order valence-corrected chi connectivity index (χ1v) is 7.97. The number of carbonyl (C=O) groups is 1. The Morgan fingerprint density at radius 3 is 2.62 bits per heavy atom. The van der Waals surface area contributed by atoms with E-state index in [4.69, 9.17) is 4.52 Å². The van der Waals surface area contributed by atoms with Crippen LogP contribution in [-0.2, 0) is 18.4 Å². The van der Waals surface area contributed by atoms with Crippen LogP contribution in [-0.4, -0.2) is 20.5 Å². The average molecular weight is 323 g/mol. The molecule has 3 heterocycles. The maximum Gasteiger partial charge on any atom is 0.185 e. The minimum atomic E-state index is -0.115. The lowest BCUT2D eigenvalue weighted by molar-refractivity contribution is 0.0982. The van der Waals surface area contributed by atoms with Gasteiger partial charge in [0.2, 0.25) is 0 Å². The van der Waals surface area contributed by atoms with Gasteiger partial charge in [0.25, 0.3) is 0 Å². The summed E-state index contributed by atoms with van der Waals surface area (Å²) < 4.78 is 7.30. The number of hydrogen-bond donors (Lipinski definition) is 0. The summed E-state index contributed by atoms with van der Waals surface area (Å²) in [6.45, 7) is 6.81. The fourth-order valence-electron chi connectivity index (χ4n) is 2.49. The first-order valence-electron chi connectivity index (χ1n) is 7.97. The van der Waals surface area contributed by atoms with E-state index in [1.54, 1.807) is 12.4 Å². The number of ketones is 1. The Morgan fingerprint density at radius 2 is 1.96 bits per heavy atom. The van der Waals surface area contributed by atoms with E-state index in [9.17, 15) is 4.79 Å². The van der Waals surface area contributed by atoms with Crippen molar-refractivity contribution in [3.05, 3.63) is 71.6 Å². The van der Waals surface area contributed by atoms with Crippen LogP contribution in [0.3, 0.4) is 0 Å². The van der Waals surface area contributed by atoms with Gasteiger partial charge in [0.1, 0.15) is 5.76 Å². The van der Waals surface area contributed by atoms with Crippen molar-refractivity contribution in [2.45, 2.75) is 39.2 Å². The Labute approximate surface area is 141 Å². The van der Waals surface area contributed by atoms with Gasteiger partial charge in [-0.2, -0.15) is 0 Å². The molecule has 124 valence electrons. The van der Waals surface area contributed by atoms with Gasteiger partial charge in [-0.1, -0.05) is 25.9 Å². The molecule has 0 aliphatic carbocycles. The van der Waals surface area contributed by atoms with Crippen molar-refractivity contribution in [3.8, 4) is 0 Å². The summed E-state index contributed by atoms with van der Waals surface area (Å²) in [5.74, 6) is 0.820. The minimum absolute atomic E-state index is 0.0304. The molecule has 24 heavy (non-hydrogen) atoms. The van der Waals surface area contributed by atoms with Gasteiger partial charge in [0.05, 0.1) is 17.8 Å². The van der Waals surface area contributed by atoms with Gasteiger partial charge < -0.3 is 9.09 Å². The highest BCUT2D eigenvalue weighted by atomic mass is 16.5. The van der Waals surface area contributed by atoms with Crippen molar-refractivity contribution < 1.29 is 9.32 Å². The summed E-state index contributed by atoms with van der Waals surface area (Å²) in [5.41, 5.74) is 2.33. The average Bonchev–Trinajstić information content (AvgIpc) is 3.17. The third kappa shape index (κ3) is 3.62. The van der Waals surface area contributed by atoms with E-state index in [1.165, 1.54) is 0 Å². The molecule has 5 nitrogen and oxygen atoms in total. The molecule has 0 fully saturated rings. The van der Waals surface area contributed by atoms with Crippen molar-refractivity contribution >= 4 is 5.78 Å². The summed E-state index contributed by atoms with van der Waals surface area (Å²) in [6, 6.07) is 9.49. The van der Waals surface area contributed by atoms with Crippen molar-refractivity contribution in [1.29, 1.82) is 0 Å². The Hall–Kier alpha value is -2.69. The van der Waals surface area contributed by atoms with Crippen LogP contribution in [0.5, 0.6) is 0 Å². The molecule has 0 aliphatic heterocycles. The summed E-state index contributed by atoms with van der Waals surface area (Å²) in [4.78, 5) is 16.6. The highest BCUT2D eigenvalue weighted by molar-refractivity contribution is 5.96. The molecule has 0 atom stereocenters. The topological polar surface area (TPSA) is 60.9 Å². The highest BCUT2D eigenvalue weighted by Crippen LogP contribution is 2.23. The molecule has 0 unspecified atom stereocenters.